The summed E-state index contributed by atoms with van der Waals surface area (Å²) in [6.45, 7) is 9.00. The van der Waals surface area contributed by atoms with Crippen molar-refractivity contribution in [1.29, 1.82) is 0 Å². The summed E-state index contributed by atoms with van der Waals surface area (Å²) in [5, 5.41) is 27.5. The SMILES string of the molecule is Cc1ncsc1-c1ccc([C@H](C)NC(=O)[C@@H]2C[C@@H](O)CN2C(=O)[C@@H](NC(=O)CCCCCCNCc2cc3c(c(C(F)(F)F)c2)CN(c2cc(-c4cc(C(F)(F)F)ncc4-c4nncn4C)cc(N)n2)C3=O)C(C)(C)C)cc1. The van der Waals surface area contributed by atoms with Gasteiger partial charge in [0.2, 0.25) is 17.7 Å². The first-order valence-corrected chi connectivity index (χ1v) is 26.2. The number of thiazole rings is 1. The van der Waals surface area contributed by atoms with E-state index in [-0.39, 0.29) is 82.7 Å². The number of fused-ring (bicyclic) bond motifs is 1. The second-order valence-electron chi connectivity index (χ2n) is 20.8. The van der Waals surface area contributed by atoms with Gasteiger partial charge in [-0.1, -0.05) is 57.9 Å². The number of nitrogens with zero attached hydrogens (tertiary/aromatic N) is 8. The third kappa shape index (κ3) is 12.8. The number of alkyl halides is 6. The Bertz CT molecular complexity index is 3190. The summed E-state index contributed by atoms with van der Waals surface area (Å²) in [5.74, 6) is -2.28. The maximum Gasteiger partial charge on any atom is 0.433 e. The minimum absolute atomic E-state index is 0.0128. The Kier molecular flexibility index (Phi) is 16.7. The van der Waals surface area contributed by atoms with E-state index in [4.69, 9.17) is 5.73 Å². The van der Waals surface area contributed by atoms with Gasteiger partial charge in [0.25, 0.3) is 5.91 Å². The zero-order valence-corrected chi connectivity index (χ0v) is 44.5. The predicted octanol–water partition coefficient (Wildman–Crippen LogP) is 8.56. The van der Waals surface area contributed by atoms with Crippen LogP contribution in [0.15, 0.2) is 72.6 Å². The molecule has 17 nitrogen and oxygen atoms in total. The van der Waals surface area contributed by atoms with Crippen molar-refractivity contribution in [3.05, 3.63) is 112 Å². The van der Waals surface area contributed by atoms with E-state index in [0.717, 1.165) is 44.9 Å². The third-order valence-electron chi connectivity index (χ3n) is 13.9. The molecule has 2 aliphatic heterocycles. The maximum atomic E-state index is 14.7. The molecule has 414 valence electrons. The number of benzene rings is 2. The Morgan fingerprint density at radius 3 is 2.28 bits per heavy atom. The standard InChI is InChI=1S/C54H60F6N12O5S/c1-29(32-12-14-33(15-13-32)46-30(2)64-28-78-46)66-49(75)41-21-35(73)25-71(41)51(77)47(52(3,4)5)68-45(74)11-9-7-8-10-16-62-23-31-17-37-39(40(18-31)53(55,56)57)26-72(50(37)76)44-20-34(19-43(61)67-44)36-22-42(54(58,59)60)63-24-38(36)48-69-65-27-70(48)6/h12-15,17-20,22,24,27-29,35,41,47,62,73H,7-11,16,21,23,25-26H2,1-6H3,(H2,61,67)(H,66,75)(H,68,74)/t29-,35+,41-,47+/m0/s1. The van der Waals surface area contributed by atoms with Gasteiger partial charge in [-0.2, -0.15) is 26.3 Å². The van der Waals surface area contributed by atoms with Crippen molar-refractivity contribution >= 4 is 46.6 Å². The number of β-amino-alcohol motifs (C(OH)–C–C–N with tert-alkyl or cyclic N) is 1. The van der Waals surface area contributed by atoms with E-state index in [9.17, 15) is 50.6 Å². The van der Waals surface area contributed by atoms with Crippen LogP contribution in [0, 0.1) is 12.3 Å². The second-order valence-corrected chi connectivity index (χ2v) is 21.7. The number of hydrogen-bond donors (Lipinski definition) is 5. The molecule has 6 N–H and O–H groups in total. The van der Waals surface area contributed by atoms with E-state index in [2.05, 4.69) is 41.1 Å². The van der Waals surface area contributed by atoms with Crippen LogP contribution >= 0.6 is 11.3 Å². The summed E-state index contributed by atoms with van der Waals surface area (Å²) < 4.78 is 87.1. The first-order chi connectivity index (χ1) is 36.8. The molecule has 0 spiro atoms. The van der Waals surface area contributed by atoms with Gasteiger partial charge in [-0.15, -0.1) is 21.5 Å². The second kappa shape index (κ2) is 23.0. The summed E-state index contributed by atoms with van der Waals surface area (Å²) in [5.41, 5.74) is 7.60. The highest BCUT2D eigenvalue weighted by Crippen LogP contribution is 2.42. The highest BCUT2D eigenvalue weighted by atomic mass is 32.1. The van der Waals surface area contributed by atoms with Crippen molar-refractivity contribution in [1.82, 2.24) is 50.6 Å². The molecule has 24 heteroatoms. The summed E-state index contributed by atoms with van der Waals surface area (Å²) >= 11 is 1.54. The fourth-order valence-corrected chi connectivity index (χ4v) is 10.6. The number of rotatable bonds is 18. The molecular weight excluding hydrogens is 1040 g/mol. The van der Waals surface area contributed by atoms with Crippen molar-refractivity contribution in [2.24, 2.45) is 12.5 Å². The van der Waals surface area contributed by atoms with E-state index in [1.165, 1.54) is 34.0 Å². The fraction of sp³-hybridized carbons (Fsp3) is 0.426. The van der Waals surface area contributed by atoms with Crippen molar-refractivity contribution in [3.8, 4) is 33.0 Å². The average Bonchev–Trinajstić information content (AvgIpc) is 4.38. The number of carbonyl (C=O) groups excluding carboxylic acids is 4. The Balaban J connectivity index is 0.833. The van der Waals surface area contributed by atoms with Gasteiger partial charge < -0.3 is 36.3 Å². The molecule has 2 aliphatic rings. The van der Waals surface area contributed by atoms with Crippen LogP contribution in [-0.2, 0) is 46.9 Å². The molecule has 6 heterocycles. The molecule has 0 bridgehead atoms. The Morgan fingerprint density at radius 2 is 1.63 bits per heavy atom. The Morgan fingerprint density at radius 1 is 0.897 bits per heavy atom. The molecule has 4 aromatic heterocycles. The number of nitrogen functional groups attached to an aromatic ring is 1. The molecule has 0 unspecified atom stereocenters. The topological polar surface area (TPSA) is 226 Å². The number of aromatic nitrogens is 6. The molecule has 0 aliphatic carbocycles. The highest BCUT2D eigenvalue weighted by molar-refractivity contribution is 7.13. The van der Waals surface area contributed by atoms with E-state index < -0.39 is 77.5 Å². The number of aryl methyl sites for hydroxylation is 2. The smallest absolute Gasteiger partial charge is 0.391 e. The summed E-state index contributed by atoms with van der Waals surface area (Å²) in [7, 11) is 1.58. The summed E-state index contributed by atoms with van der Waals surface area (Å²) in [4.78, 5) is 70.6. The van der Waals surface area contributed by atoms with Gasteiger partial charge in [0.1, 0.15) is 35.7 Å². The maximum absolute atomic E-state index is 14.7. The number of halogens is 6. The van der Waals surface area contributed by atoms with Crippen LogP contribution in [0.2, 0.25) is 0 Å². The van der Waals surface area contributed by atoms with E-state index in [1.54, 1.807) is 23.9 Å². The molecule has 8 rings (SSSR count). The Hall–Kier alpha value is -7.31. The van der Waals surface area contributed by atoms with E-state index in [0.29, 0.717) is 32.2 Å². The molecule has 6 aromatic rings. The Labute approximate surface area is 450 Å². The zero-order chi connectivity index (χ0) is 56.4. The summed E-state index contributed by atoms with van der Waals surface area (Å²) in [6, 6.07) is 11.2. The number of nitrogens with two attached hydrogens (primary N) is 1. The molecule has 1 fully saturated rings. The minimum Gasteiger partial charge on any atom is -0.391 e. The number of pyridine rings is 2. The van der Waals surface area contributed by atoms with Crippen LogP contribution in [-0.4, -0.2) is 94.6 Å². The number of anilines is 2. The normalized spacial score (nSPS) is 16.6. The molecule has 78 heavy (non-hydrogen) atoms. The highest BCUT2D eigenvalue weighted by Gasteiger charge is 2.45. The number of unbranched alkanes of at least 4 members (excludes halogenated alkanes) is 3. The van der Waals surface area contributed by atoms with Gasteiger partial charge >= 0.3 is 12.4 Å². The lowest BCUT2D eigenvalue weighted by Crippen LogP contribution is -2.57. The number of aliphatic hydroxyl groups is 1. The van der Waals surface area contributed by atoms with Gasteiger partial charge in [0, 0.05) is 50.3 Å². The molecule has 0 radical (unpaired) electrons. The fourth-order valence-electron chi connectivity index (χ4n) is 9.76. The van der Waals surface area contributed by atoms with Crippen LogP contribution < -0.4 is 26.6 Å². The number of amides is 4. The van der Waals surface area contributed by atoms with Gasteiger partial charge in [0.05, 0.1) is 40.3 Å². The number of nitrogens with one attached hydrogen (secondary N) is 3. The average molecular weight is 1100 g/mol. The first-order valence-electron chi connectivity index (χ1n) is 25.3. The van der Waals surface area contributed by atoms with Gasteiger partial charge in [-0.3, -0.25) is 29.1 Å². The lowest BCUT2D eigenvalue weighted by atomic mass is 9.85. The number of hydrogen-bond acceptors (Lipinski definition) is 13. The van der Waals surface area contributed by atoms with Crippen molar-refractivity contribution in [3.63, 3.8) is 0 Å². The van der Waals surface area contributed by atoms with Gasteiger partial charge in [-0.05, 0) is 102 Å². The predicted molar refractivity (Wildman–Crippen MR) is 280 cm³/mol. The van der Waals surface area contributed by atoms with Crippen molar-refractivity contribution in [2.45, 2.75) is 123 Å². The minimum atomic E-state index is -4.85. The lowest BCUT2D eigenvalue weighted by Gasteiger charge is -2.35. The quantitative estimate of drug-likeness (QED) is 0.0403. The van der Waals surface area contributed by atoms with Gasteiger partial charge in [-0.25, -0.2) is 9.97 Å². The lowest BCUT2D eigenvalue weighted by molar-refractivity contribution is -0.144. The summed E-state index contributed by atoms with van der Waals surface area (Å²) in [6.07, 6.45) is -5.76. The van der Waals surface area contributed by atoms with Crippen LogP contribution in [0.3, 0.4) is 0 Å². The van der Waals surface area contributed by atoms with Crippen molar-refractivity contribution in [2.75, 3.05) is 23.7 Å². The van der Waals surface area contributed by atoms with Crippen LogP contribution in [0.25, 0.3) is 33.0 Å². The largest absolute Gasteiger partial charge is 0.433 e. The number of likely N-dealkylation sites (tertiary alicyclic amines) is 1. The van der Waals surface area contributed by atoms with E-state index in [1.807, 2.05) is 58.9 Å². The first kappa shape index (κ1) is 56.9. The third-order valence-corrected chi connectivity index (χ3v) is 14.8. The monoisotopic (exact) mass is 1100 g/mol. The van der Waals surface area contributed by atoms with Gasteiger partial charge in [0.15, 0.2) is 5.82 Å². The number of aliphatic hydroxyl groups excluding tert-OH is 1. The molecule has 2 aromatic carbocycles. The van der Waals surface area contributed by atoms with E-state index >= 15 is 0 Å². The molecule has 1 saturated heterocycles. The van der Waals surface area contributed by atoms with Crippen LogP contribution in [0.1, 0.15) is 116 Å². The van der Waals surface area contributed by atoms with Crippen molar-refractivity contribution < 1.29 is 50.6 Å². The van der Waals surface area contributed by atoms with Crippen LogP contribution in [0.4, 0.5) is 38.0 Å². The molecular formula is C54H60F6N12O5S. The molecule has 4 atom stereocenters. The molecule has 4 amide bonds. The zero-order valence-electron chi connectivity index (χ0n) is 43.7. The van der Waals surface area contributed by atoms with Crippen LogP contribution in [0.5, 0.6) is 0 Å². The molecule has 0 saturated carbocycles. The number of carbonyl (C=O) groups is 4.